The van der Waals surface area contributed by atoms with Crippen LogP contribution < -0.4 is 10.5 Å². The van der Waals surface area contributed by atoms with Gasteiger partial charge in [-0.25, -0.2) is 0 Å². The lowest BCUT2D eigenvalue weighted by Gasteiger charge is -2.39. The van der Waals surface area contributed by atoms with Gasteiger partial charge in [0.05, 0.1) is 19.3 Å². The molecule has 4 heteroatoms. The Morgan fingerprint density at radius 2 is 2.20 bits per heavy atom. The average Bonchev–Trinajstić information content (AvgIpc) is 2.94. The van der Waals surface area contributed by atoms with Gasteiger partial charge in [-0.1, -0.05) is 18.2 Å². The molecule has 0 radical (unpaired) electrons. The van der Waals surface area contributed by atoms with E-state index >= 15 is 0 Å². The third-order valence-corrected chi connectivity index (χ3v) is 4.60. The fourth-order valence-corrected chi connectivity index (χ4v) is 3.43. The summed E-state index contributed by atoms with van der Waals surface area (Å²) < 4.78 is 17.0. The number of benzene rings is 1. The van der Waals surface area contributed by atoms with E-state index in [1.165, 1.54) is 0 Å². The van der Waals surface area contributed by atoms with Crippen LogP contribution in [-0.2, 0) is 9.47 Å². The maximum atomic E-state index is 6.52. The van der Waals surface area contributed by atoms with Crippen LogP contribution in [0.2, 0.25) is 0 Å². The van der Waals surface area contributed by atoms with E-state index in [1.807, 2.05) is 18.2 Å². The molecule has 0 aromatic heterocycles. The van der Waals surface area contributed by atoms with E-state index in [-0.39, 0.29) is 11.6 Å². The Bertz CT molecular complexity index is 457. The van der Waals surface area contributed by atoms with Gasteiger partial charge in [-0.2, -0.15) is 0 Å². The van der Waals surface area contributed by atoms with E-state index in [0.29, 0.717) is 12.5 Å². The van der Waals surface area contributed by atoms with Crippen LogP contribution in [0.5, 0.6) is 5.75 Å². The molecule has 0 saturated carbocycles. The molecule has 4 nitrogen and oxygen atoms in total. The zero-order valence-electron chi connectivity index (χ0n) is 12.0. The predicted molar refractivity (Wildman–Crippen MR) is 76.8 cm³/mol. The minimum atomic E-state index is -0.0947. The fourth-order valence-electron chi connectivity index (χ4n) is 3.43. The molecular weight excluding hydrogens is 254 g/mol. The molecule has 2 aliphatic heterocycles. The van der Waals surface area contributed by atoms with Crippen molar-refractivity contribution in [3.05, 3.63) is 29.8 Å². The molecule has 1 spiro atoms. The lowest BCUT2D eigenvalue weighted by molar-refractivity contribution is -0.101. The van der Waals surface area contributed by atoms with Gasteiger partial charge < -0.3 is 19.9 Å². The van der Waals surface area contributed by atoms with E-state index in [0.717, 1.165) is 43.8 Å². The molecule has 110 valence electrons. The van der Waals surface area contributed by atoms with Crippen molar-refractivity contribution in [2.45, 2.75) is 30.9 Å². The second-order valence-corrected chi connectivity index (χ2v) is 5.85. The van der Waals surface area contributed by atoms with Gasteiger partial charge in [-0.05, 0) is 24.8 Å². The van der Waals surface area contributed by atoms with E-state index in [4.69, 9.17) is 19.9 Å². The normalized spacial score (nSPS) is 31.4. The number of methoxy groups -OCH3 is 1. The molecular formula is C16H23NO3. The predicted octanol–water partition coefficient (Wildman–Crippen LogP) is 2.28. The summed E-state index contributed by atoms with van der Waals surface area (Å²) in [7, 11) is 1.70. The van der Waals surface area contributed by atoms with Crippen molar-refractivity contribution in [2.24, 2.45) is 11.7 Å². The first-order valence-electron chi connectivity index (χ1n) is 7.34. The van der Waals surface area contributed by atoms with Crippen molar-refractivity contribution in [3.8, 4) is 5.75 Å². The summed E-state index contributed by atoms with van der Waals surface area (Å²) >= 11 is 0. The molecule has 2 saturated heterocycles. The molecule has 2 fully saturated rings. The molecule has 3 atom stereocenters. The van der Waals surface area contributed by atoms with Gasteiger partial charge in [0.15, 0.2) is 0 Å². The molecule has 2 N–H and O–H groups in total. The number of ether oxygens (including phenoxy) is 3. The second-order valence-electron chi connectivity index (χ2n) is 5.85. The van der Waals surface area contributed by atoms with Crippen LogP contribution in [0.3, 0.4) is 0 Å². The van der Waals surface area contributed by atoms with E-state index in [1.54, 1.807) is 7.11 Å². The van der Waals surface area contributed by atoms with Crippen LogP contribution in [0.25, 0.3) is 0 Å². The Hall–Kier alpha value is -1.10. The number of rotatable bonds is 3. The molecule has 20 heavy (non-hydrogen) atoms. The fraction of sp³-hybridized carbons (Fsp3) is 0.625. The number of nitrogens with two attached hydrogens (primary N) is 1. The topological polar surface area (TPSA) is 53.7 Å². The third kappa shape index (κ3) is 2.55. The number of para-hydroxylation sites is 1. The van der Waals surface area contributed by atoms with Crippen LogP contribution in [0, 0.1) is 5.92 Å². The first-order valence-corrected chi connectivity index (χ1v) is 7.34. The Kier molecular flexibility index (Phi) is 3.96. The van der Waals surface area contributed by atoms with Crippen molar-refractivity contribution in [1.29, 1.82) is 0 Å². The second kappa shape index (κ2) is 5.72. The van der Waals surface area contributed by atoms with Crippen molar-refractivity contribution in [1.82, 2.24) is 0 Å². The summed E-state index contributed by atoms with van der Waals surface area (Å²) in [6, 6.07) is 8.03. The Morgan fingerprint density at radius 1 is 1.35 bits per heavy atom. The Labute approximate surface area is 120 Å². The molecule has 3 unspecified atom stereocenters. The van der Waals surface area contributed by atoms with Gasteiger partial charge in [0.2, 0.25) is 0 Å². The Balaban J connectivity index is 1.77. The summed E-state index contributed by atoms with van der Waals surface area (Å²) in [5.41, 5.74) is 7.52. The monoisotopic (exact) mass is 277 g/mol. The highest BCUT2D eigenvalue weighted by atomic mass is 16.6. The van der Waals surface area contributed by atoms with Gasteiger partial charge in [0, 0.05) is 31.2 Å². The van der Waals surface area contributed by atoms with Gasteiger partial charge >= 0.3 is 0 Å². The third-order valence-electron chi connectivity index (χ3n) is 4.60. The van der Waals surface area contributed by atoms with Gasteiger partial charge in [-0.3, -0.25) is 0 Å². The minimum Gasteiger partial charge on any atom is -0.496 e. The summed E-state index contributed by atoms with van der Waals surface area (Å²) in [6.07, 6.45) is 2.97. The molecule has 1 aromatic carbocycles. The summed E-state index contributed by atoms with van der Waals surface area (Å²) in [4.78, 5) is 0. The smallest absolute Gasteiger partial charge is 0.123 e. The zero-order valence-corrected chi connectivity index (χ0v) is 12.0. The SMILES string of the molecule is COc1ccccc1C(N)C1CCOC2(CCOC2)C1. The highest BCUT2D eigenvalue weighted by Gasteiger charge is 2.42. The highest BCUT2D eigenvalue weighted by Crippen LogP contribution is 2.41. The summed E-state index contributed by atoms with van der Waals surface area (Å²) in [6.45, 7) is 2.29. The van der Waals surface area contributed by atoms with E-state index < -0.39 is 0 Å². The van der Waals surface area contributed by atoms with Crippen LogP contribution in [0.1, 0.15) is 30.9 Å². The average molecular weight is 277 g/mol. The van der Waals surface area contributed by atoms with E-state index in [9.17, 15) is 0 Å². The lowest BCUT2D eigenvalue weighted by atomic mass is 9.79. The maximum absolute atomic E-state index is 6.52. The van der Waals surface area contributed by atoms with Crippen LogP contribution in [-0.4, -0.2) is 32.5 Å². The first-order chi connectivity index (χ1) is 9.74. The maximum Gasteiger partial charge on any atom is 0.123 e. The van der Waals surface area contributed by atoms with Crippen molar-refractivity contribution in [3.63, 3.8) is 0 Å². The number of hydrogen-bond acceptors (Lipinski definition) is 4. The van der Waals surface area contributed by atoms with Gasteiger partial charge in [-0.15, -0.1) is 0 Å². The summed E-state index contributed by atoms with van der Waals surface area (Å²) in [5.74, 6) is 1.30. The molecule has 2 aliphatic rings. The van der Waals surface area contributed by atoms with Crippen LogP contribution in [0.15, 0.2) is 24.3 Å². The van der Waals surface area contributed by atoms with Crippen LogP contribution in [0.4, 0.5) is 0 Å². The standard InChI is InChI=1S/C16H23NO3/c1-18-14-5-3-2-4-13(14)15(17)12-6-8-20-16(10-12)7-9-19-11-16/h2-5,12,15H,6-11,17H2,1H3. The molecule has 0 bridgehead atoms. The molecule has 3 rings (SSSR count). The largest absolute Gasteiger partial charge is 0.496 e. The van der Waals surface area contributed by atoms with Crippen molar-refractivity contribution < 1.29 is 14.2 Å². The molecule has 2 heterocycles. The summed E-state index contributed by atoms with van der Waals surface area (Å²) in [5, 5.41) is 0. The number of hydrogen-bond donors (Lipinski definition) is 1. The van der Waals surface area contributed by atoms with Gasteiger partial charge in [0.1, 0.15) is 5.75 Å². The van der Waals surface area contributed by atoms with Gasteiger partial charge in [0.25, 0.3) is 0 Å². The van der Waals surface area contributed by atoms with Crippen LogP contribution >= 0.6 is 0 Å². The van der Waals surface area contributed by atoms with E-state index in [2.05, 4.69) is 6.07 Å². The van der Waals surface area contributed by atoms with Crippen molar-refractivity contribution in [2.75, 3.05) is 26.9 Å². The highest BCUT2D eigenvalue weighted by molar-refractivity contribution is 5.36. The first kappa shape index (κ1) is 13.9. The van der Waals surface area contributed by atoms with Crippen molar-refractivity contribution >= 4 is 0 Å². The zero-order chi connectivity index (χ0) is 14.0. The minimum absolute atomic E-state index is 0.00692. The Morgan fingerprint density at radius 3 is 2.95 bits per heavy atom. The molecule has 1 aromatic rings. The lowest BCUT2D eigenvalue weighted by Crippen LogP contribution is -2.43. The molecule has 0 amide bonds. The molecule has 0 aliphatic carbocycles. The quantitative estimate of drug-likeness (QED) is 0.921.